The summed E-state index contributed by atoms with van der Waals surface area (Å²) in [6.45, 7) is 3.30. The number of hydrogen-bond acceptors (Lipinski definition) is 3. The molecule has 0 saturated heterocycles. The smallest absolute Gasteiger partial charge is 0.322 e. The lowest BCUT2D eigenvalue weighted by molar-refractivity contribution is 0.209. The van der Waals surface area contributed by atoms with Crippen molar-refractivity contribution in [2.75, 3.05) is 18.5 Å². The van der Waals surface area contributed by atoms with Crippen LogP contribution in [0.5, 0.6) is 5.75 Å². The van der Waals surface area contributed by atoms with E-state index >= 15 is 0 Å². The number of carbonyl (C=O) groups is 1. The van der Waals surface area contributed by atoms with E-state index in [9.17, 15) is 9.18 Å². The lowest BCUT2D eigenvalue weighted by atomic mass is 10.2. The number of hydrogen-bond donors (Lipinski definition) is 2. The molecule has 164 valence electrons. The highest BCUT2D eigenvalue weighted by Crippen LogP contribution is 2.17. The molecule has 2 amide bonds. The lowest BCUT2D eigenvalue weighted by Crippen LogP contribution is -2.36. The van der Waals surface area contributed by atoms with Gasteiger partial charge >= 0.3 is 6.03 Å². The zero-order chi connectivity index (χ0) is 22.3. The van der Waals surface area contributed by atoms with E-state index in [-0.39, 0.29) is 11.8 Å². The molecule has 7 heteroatoms. The van der Waals surface area contributed by atoms with Gasteiger partial charge in [0.15, 0.2) is 0 Å². The molecule has 0 aliphatic heterocycles. The van der Waals surface area contributed by atoms with Crippen molar-refractivity contribution in [1.29, 1.82) is 0 Å². The van der Waals surface area contributed by atoms with Gasteiger partial charge in [0.2, 0.25) is 0 Å². The second-order valence-corrected chi connectivity index (χ2v) is 7.39. The van der Waals surface area contributed by atoms with E-state index in [2.05, 4.69) is 15.3 Å². The van der Waals surface area contributed by atoms with Crippen LogP contribution in [0, 0.1) is 5.82 Å². The topological polar surface area (TPSA) is 70.2 Å². The molecule has 3 aromatic carbocycles. The number of nitrogens with one attached hydrogen (secondary N) is 2. The quantitative estimate of drug-likeness (QED) is 0.393. The van der Waals surface area contributed by atoms with Crippen molar-refractivity contribution in [3.05, 3.63) is 90.0 Å². The molecule has 1 aromatic heterocycles. The van der Waals surface area contributed by atoms with Crippen LogP contribution in [0.4, 0.5) is 14.9 Å². The molecular weight excluding hydrogens is 407 g/mol. The first kappa shape index (κ1) is 21.4. The van der Waals surface area contributed by atoms with Crippen LogP contribution in [0.1, 0.15) is 18.3 Å². The zero-order valence-electron chi connectivity index (χ0n) is 17.8. The first-order valence-electron chi connectivity index (χ1n) is 10.6. The Morgan fingerprint density at radius 2 is 1.81 bits per heavy atom. The van der Waals surface area contributed by atoms with E-state index in [1.807, 2.05) is 43.3 Å². The molecule has 0 fully saturated rings. The third kappa shape index (κ3) is 5.43. The molecule has 0 aliphatic rings. The summed E-state index contributed by atoms with van der Waals surface area (Å²) in [5, 5.41) is 2.93. The molecule has 0 radical (unpaired) electrons. The molecular formula is C25H25FN4O2. The molecule has 0 aliphatic carbocycles. The molecule has 0 bridgehead atoms. The lowest BCUT2D eigenvalue weighted by Gasteiger charge is -2.23. The maximum Gasteiger partial charge on any atom is 0.322 e. The Balaban J connectivity index is 1.47. The molecule has 32 heavy (non-hydrogen) atoms. The van der Waals surface area contributed by atoms with E-state index in [4.69, 9.17) is 4.74 Å². The zero-order valence-corrected chi connectivity index (χ0v) is 17.8. The molecule has 0 spiro atoms. The van der Waals surface area contributed by atoms with E-state index in [0.29, 0.717) is 31.8 Å². The number of H-pyrrole nitrogens is 1. The van der Waals surface area contributed by atoms with Gasteiger partial charge in [0.1, 0.15) is 17.4 Å². The number of halogens is 1. The summed E-state index contributed by atoms with van der Waals surface area (Å²) in [4.78, 5) is 22.7. The predicted octanol–water partition coefficient (Wildman–Crippen LogP) is 5.38. The average Bonchev–Trinajstić information content (AvgIpc) is 3.22. The standard InChI is InChI=1S/C25H25FN4O2/c1-2-32-21-13-11-20(12-14-21)27-25(31)30(17-18-7-9-19(26)10-8-18)16-15-24-28-22-5-3-4-6-23(22)29-24/h3-14H,2,15-17H2,1H3,(H,27,31)(H,28,29). The van der Waals surface area contributed by atoms with Gasteiger partial charge in [0.25, 0.3) is 0 Å². The number of nitrogens with zero attached hydrogens (tertiary/aromatic N) is 2. The number of para-hydroxylation sites is 2. The number of anilines is 1. The highest BCUT2D eigenvalue weighted by atomic mass is 19.1. The maximum absolute atomic E-state index is 13.3. The number of urea groups is 1. The van der Waals surface area contributed by atoms with Crippen molar-refractivity contribution in [2.24, 2.45) is 0 Å². The fraction of sp³-hybridized carbons (Fsp3) is 0.200. The molecule has 2 N–H and O–H groups in total. The number of amides is 2. The molecule has 4 rings (SSSR count). The second kappa shape index (κ2) is 9.96. The number of ether oxygens (including phenoxy) is 1. The van der Waals surface area contributed by atoms with Gasteiger partial charge in [-0.05, 0) is 61.0 Å². The highest BCUT2D eigenvalue weighted by molar-refractivity contribution is 5.89. The van der Waals surface area contributed by atoms with Crippen LogP contribution in [-0.4, -0.2) is 34.1 Å². The summed E-state index contributed by atoms with van der Waals surface area (Å²) in [6, 6.07) is 21.0. The fourth-order valence-corrected chi connectivity index (χ4v) is 3.43. The van der Waals surface area contributed by atoms with Crippen molar-refractivity contribution in [2.45, 2.75) is 19.9 Å². The van der Waals surface area contributed by atoms with Gasteiger partial charge < -0.3 is 19.9 Å². The number of rotatable bonds is 8. The molecule has 0 unspecified atom stereocenters. The van der Waals surface area contributed by atoms with Crippen molar-refractivity contribution >= 4 is 22.8 Å². The first-order chi connectivity index (χ1) is 15.6. The van der Waals surface area contributed by atoms with Crippen molar-refractivity contribution < 1.29 is 13.9 Å². The summed E-state index contributed by atoms with van der Waals surface area (Å²) in [6.07, 6.45) is 0.562. The van der Waals surface area contributed by atoms with Gasteiger partial charge in [0, 0.05) is 25.2 Å². The van der Waals surface area contributed by atoms with Crippen LogP contribution >= 0.6 is 0 Å². The number of fused-ring (bicyclic) bond motifs is 1. The number of aromatic amines is 1. The third-order valence-corrected chi connectivity index (χ3v) is 5.05. The normalized spacial score (nSPS) is 10.8. The number of imidazole rings is 1. The predicted molar refractivity (Wildman–Crippen MR) is 123 cm³/mol. The summed E-state index contributed by atoms with van der Waals surface area (Å²) >= 11 is 0. The van der Waals surface area contributed by atoms with E-state index < -0.39 is 0 Å². The van der Waals surface area contributed by atoms with Crippen molar-refractivity contribution in [1.82, 2.24) is 14.9 Å². The summed E-state index contributed by atoms with van der Waals surface area (Å²) in [7, 11) is 0. The molecule has 0 atom stereocenters. The van der Waals surface area contributed by atoms with Crippen LogP contribution in [0.3, 0.4) is 0 Å². The van der Waals surface area contributed by atoms with Gasteiger partial charge in [-0.15, -0.1) is 0 Å². The largest absolute Gasteiger partial charge is 0.494 e. The monoisotopic (exact) mass is 432 g/mol. The van der Waals surface area contributed by atoms with Crippen molar-refractivity contribution in [3.8, 4) is 5.75 Å². The fourth-order valence-electron chi connectivity index (χ4n) is 3.43. The minimum Gasteiger partial charge on any atom is -0.494 e. The molecule has 4 aromatic rings. The van der Waals surface area contributed by atoms with Gasteiger partial charge in [-0.1, -0.05) is 24.3 Å². The third-order valence-electron chi connectivity index (χ3n) is 5.05. The van der Waals surface area contributed by atoms with Crippen LogP contribution in [0.15, 0.2) is 72.8 Å². The molecule has 6 nitrogen and oxygen atoms in total. The first-order valence-corrected chi connectivity index (χ1v) is 10.6. The Hall–Kier alpha value is -3.87. The Kier molecular flexibility index (Phi) is 6.65. The SMILES string of the molecule is CCOc1ccc(NC(=O)N(CCc2nc3ccccc3[nH]2)Cc2ccc(F)cc2)cc1. The van der Waals surface area contributed by atoms with E-state index in [1.165, 1.54) is 12.1 Å². The summed E-state index contributed by atoms with van der Waals surface area (Å²) in [5.41, 5.74) is 3.38. The Labute approximate surface area is 186 Å². The average molecular weight is 432 g/mol. The number of aromatic nitrogens is 2. The minimum absolute atomic E-state index is 0.241. The van der Waals surface area contributed by atoms with E-state index in [0.717, 1.165) is 28.2 Å². The highest BCUT2D eigenvalue weighted by Gasteiger charge is 2.16. The Bertz CT molecular complexity index is 1140. The second-order valence-electron chi connectivity index (χ2n) is 7.39. The van der Waals surface area contributed by atoms with Crippen LogP contribution < -0.4 is 10.1 Å². The van der Waals surface area contributed by atoms with Gasteiger partial charge in [-0.2, -0.15) is 0 Å². The van der Waals surface area contributed by atoms with Gasteiger partial charge in [-0.25, -0.2) is 14.2 Å². The number of benzene rings is 3. The molecule has 0 saturated carbocycles. The molecule has 1 heterocycles. The summed E-state index contributed by atoms with van der Waals surface area (Å²) in [5.74, 6) is 1.25. The van der Waals surface area contributed by atoms with Crippen LogP contribution in [-0.2, 0) is 13.0 Å². The van der Waals surface area contributed by atoms with Crippen LogP contribution in [0.25, 0.3) is 11.0 Å². The summed E-state index contributed by atoms with van der Waals surface area (Å²) < 4.78 is 18.8. The van der Waals surface area contributed by atoms with E-state index in [1.54, 1.807) is 29.2 Å². The maximum atomic E-state index is 13.3. The van der Waals surface area contributed by atoms with Crippen molar-refractivity contribution in [3.63, 3.8) is 0 Å². The van der Waals surface area contributed by atoms with Gasteiger partial charge in [0.05, 0.1) is 17.6 Å². The van der Waals surface area contributed by atoms with Gasteiger partial charge in [-0.3, -0.25) is 0 Å². The number of carbonyl (C=O) groups excluding carboxylic acids is 1. The van der Waals surface area contributed by atoms with Crippen LogP contribution in [0.2, 0.25) is 0 Å². The Morgan fingerprint density at radius 3 is 2.53 bits per heavy atom. The Morgan fingerprint density at radius 1 is 1.06 bits per heavy atom. The minimum atomic E-state index is -0.304.